The van der Waals surface area contributed by atoms with Gasteiger partial charge in [0, 0.05) is 17.1 Å². The third-order valence-electron chi connectivity index (χ3n) is 2.62. The lowest BCUT2D eigenvalue weighted by Crippen LogP contribution is -2.08. The number of thiazole rings is 1. The van der Waals surface area contributed by atoms with Crippen molar-refractivity contribution in [2.75, 3.05) is 5.32 Å². The number of alkyl halides is 3. The van der Waals surface area contributed by atoms with Gasteiger partial charge in [0.15, 0.2) is 0 Å². The molecule has 2 aromatic rings. The number of aromatic nitrogens is 1. The normalized spacial score (nSPS) is 11.4. The van der Waals surface area contributed by atoms with Crippen LogP contribution in [0.1, 0.15) is 15.4 Å². The fourth-order valence-electron chi connectivity index (χ4n) is 1.66. The van der Waals surface area contributed by atoms with E-state index in [2.05, 4.69) is 10.3 Å². The van der Waals surface area contributed by atoms with Crippen LogP contribution in [0.5, 0.6) is 0 Å². The summed E-state index contributed by atoms with van der Waals surface area (Å²) in [4.78, 5) is 15.1. The first-order valence-corrected chi connectivity index (χ1v) is 6.60. The first-order chi connectivity index (χ1) is 9.77. The molecule has 112 valence electrons. The van der Waals surface area contributed by atoms with Gasteiger partial charge in [0.2, 0.25) is 0 Å². The molecule has 9 heteroatoms. The van der Waals surface area contributed by atoms with Crippen LogP contribution in [0.15, 0.2) is 24.4 Å². The van der Waals surface area contributed by atoms with Gasteiger partial charge in [-0.2, -0.15) is 13.2 Å². The van der Waals surface area contributed by atoms with Gasteiger partial charge in [-0.1, -0.05) is 0 Å². The number of hydrogen-bond donors (Lipinski definition) is 1. The standard InChI is InChI=1S/C12H10F3N3O2S/c1-7-5-17-11(21-7)6-16-9-3-2-8(12(13,14)15)4-10(9)18(19)20/h2-5,16H,6H2,1H3. The van der Waals surface area contributed by atoms with E-state index in [0.29, 0.717) is 11.1 Å². The predicted octanol–water partition coefficient (Wildman–Crippen LogP) is 3.99. The van der Waals surface area contributed by atoms with E-state index < -0.39 is 22.4 Å². The second-order valence-electron chi connectivity index (χ2n) is 4.21. The number of nitro groups is 1. The minimum absolute atomic E-state index is 0.0286. The summed E-state index contributed by atoms with van der Waals surface area (Å²) in [5, 5.41) is 14.3. The summed E-state index contributed by atoms with van der Waals surface area (Å²) >= 11 is 1.41. The maximum absolute atomic E-state index is 12.6. The molecular formula is C12H10F3N3O2S. The molecule has 0 unspecified atom stereocenters. The molecule has 0 atom stereocenters. The molecule has 0 bridgehead atoms. The quantitative estimate of drug-likeness (QED) is 0.684. The van der Waals surface area contributed by atoms with Gasteiger partial charge in [0.05, 0.1) is 17.0 Å². The van der Waals surface area contributed by atoms with E-state index in [4.69, 9.17) is 0 Å². The number of nitrogens with one attached hydrogen (secondary N) is 1. The SMILES string of the molecule is Cc1cnc(CNc2ccc(C(F)(F)F)cc2[N+](=O)[O-])s1. The molecule has 1 N–H and O–H groups in total. The van der Waals surface area contributed by atoms with Crippen molar-refractivity contribution in [3.63, 3.8) is 0 Å². The van der Waals surface area contributed by atoms with E-state index in [1.807, 2.05) is 6.92 Å². The Morgan fingerprint density at radius 1 is 1.43 bits per heavy atom. The molecule has 1 heterocycles. The van der Waals surface area contributed by atoms with Crippen molar-refractivity contribution in [3.05, 3.63) is 50.0 Å². The van der Waals surface area contributed by atoms with Crippen LogP contribution in [0.25, 0.3) is 0 Å². The molecule has 2 rings (SSSR count). The fourth-order valence-corrected chi connectivity index (χ4v) is 2.39. The Kier molecular flexibility index (Phi) is 4.12. The van der Waals surface area contributed by atoms with Gasteiger partial charge < -0.3 is 5.32 Å². The summed E-state index contributed by atoms with van der Waals surface area (Å²) in [6, 6.07) is 2.39. The minimum Gasteiger partial charge on any atom is -0.373 e. The molecule has 0 saturated heterocycles. The topological polar surface area (TPSA) is 68.1 Å². The summed E-state index contributed by atoms with van der Waals surface area (Å²) in [5.74, 6) is 0. The lowest BCUT2D eigenvalue weighted by molar-refractivity contribution is -0.384. The zero-order valence-corrected chi connectivity index (χ0v) is 11.6. The van der Waals surface area contributed by atoms with E-state index in [0.717, 1.165) is 17.0 Å². The van der Waals surface area contributed by atoms with Crippen LogP contribution < -0.4 is 5.32 Å². The van der Waals surface area contributed by atoms with Crippen LogP contribution >= 0.6 is 11.3 Å². The van der Waals surface area contributed by atoms with Crippen molar-refractivity contribution >= 4 is 22.7 Å². The Morgan fingerprint density at radius 2 is 2.14 bits per heavy atom. The molecule has 1 aromatic heterocycles. The largest absolute Gasteiger partial charge is 0.416 e. The Bertz CT molecular complexity index is 670. The van der Waals surface area contributed by atoms with E-state index in [-0.39, 0.29) is 12.2 Å². The second-order valence-corrected chi connectivity index (χ2v) is 5.52. The Morgan fingerprint density at radius 3 is 2.67 bits per heavy atom. The zero-order chi connectivity index (χ0) is 15.6. The number of hydrogen-bond acceptors (Lipinski definition) is 5. The van der Waals surface area contributed by atoms with Gasteiger partial charge in [0.1, 0.15) is 10.7 Å². The van der Waals surface area contributed by atoms with Crippen LogP contribution in [0.2, 0.25) is 0 Å². The number of nitro benzene ring substituents is 1. The number of halogens is 3. The van der Waals surface area contributed by atoms with Crippen LogP contribution in [0.4, 0.5) is 24.5 Å². The van der Waals surface area contributed by atoms with Crippen LogP contribution in [0.3, 0.4) is 0 Å². The summed E-state index contributed by atoms with van der Waals surface area (Å²) in [6.07, 6.45) is -2.96. The molecule has 0 spiro atoms. The molecular weight excluding hydrogens is 307 g/mol. The highest BCUT2D eigenvalue weighted by Gasteiger charge is 2.33. The number of rotatable bonds is 4. The van der Waals surface area contributed by atoms with Gasteiger partial charge in [-0.3, -0.25) is 10.1 Å². The Hall–Kier alpha value is -2.16. The summed E-state index contributed by atoms with van der Waals surface area (Å²) in [7, 11) is 0. The van der Waals surface area contributed by atoms with Crippen LogP contribution in [-0.4, -0.2) is 9.91 Å². The maximum atomic E-state index is 12.6. The third kappa shape index (κ3) is 3.69. The summed E-state index contributed by atoms with van der Waals surface area (Å²) in [5.41, 5.74) is -1.64. The maximum Gasteiger partial charge on any atom is 0.416 e. The lowest BCUT2D eigenvalue weighted by Gasteiger charge is -2.09. The van der Waals surface area contributed by atoms with Gasteiger partial charge in [0.25, 0.3) is 5.69 Å². The zero-order valence-electron chi connectivity index (χ0n) is 10.8. The molecule has 21 heavy (non-hydrogen) atoms. The van der Waals surface area contributed by atoms with Crippen molar-refractivity contribution in [3.8, 4) is 0 Å². The lowest BCUT2D eigenvalue weighted by atomic mass is 10.1. The number of aryl methyl sites for hydroxylation is 1. The first kappa shape index (κ1) is 15.2. The fraction of sp³-hybridized carbons (Fsp3) is 0.250. The smallest absolute Gasteiger partial charge is 0.373 e. The summed E-state index contributed by atoms with van der Waals surface area (Å²) < 4.78 is 37.7. The molecule has 0 aliphatic carbocycles. The second kappa shape index (κ2) is 5.68. The van der Waals surface area contributed by atoms with Gasteiger partial charge in [-0.05, 0) is 19.1 Å². The van der Waals surface area contributed by atoms with Crippen molar-refractivity contribution in [1.82, 2.24) is 4.98 Å². The predicted molar refractivity (Wildman–Crippen MR) is 72.3 cm³/mol. The molecule has 0 amide bonds. The van der Waals surface area contributed by atoms with Crippen LogP contribution in [-0.2, 0) is 12.7 Å². The molecule has 5 nitrogen and oxygen atoms in total. The molecule has 0 saturated carbocycles. The monoisotopic (exact) mass is 317 g/mol. The molecule has 1 aromatic carbocycles. The average molecular weight is 317 g/mol. The Balaban J connectivity index is 2.24. The van der Waals surface area contributed by atoms with Crippen LogP contribution in [0, 0.1) is 17.0 Å². The number of benzene rings is 1. The van der Waals surface area contributed by atoms with Gasteiger partial charge in [-0.25, -0.2) is 4.98 Å². The van der Waals surface area contributed by atoms with Crippen molar-refractivity contribution in [2.24, 2.45) is 0 Å². The third-order valence-corrected chi connectivity index (χ3v) is 3.53. The molecule has 0 aliphatic heterocycles. The van der Waals surface area contributed by atoms with Crippen molar-refractivity contribution < 1.29 is 18.1 Å². The average Bonchev–Trinajstić information content (AvgIpc) is 2.80. The van der Waals surface area contributed by atoms with E-state index >= 15 is 0 Å². The van der Waals surface area contributed by atoms with E-state index in [1.165, 1.54) is 11.3 Å². The highest BCUT2D eigenvalue weighted by atomic mass is 32.1. The van der Waals surface area contributed by atoms with Gasteiger partial charge >= 0.3 is 6.18 Å². The van der Waals surface area contributed by atoms with Gasteiger partial charge in [-0.15, -0.1) is 11.3 Å². The highest BCUT2D eigenvalue weighted by Crippen LogP contribution is 2.35. The Labute approximate surface area is 121 Å². The van der Waals surface area contributed by atoms with Crippen molar-refractivity contribution in [1.29, 1.82) is 0 Å². The molecule has 0 radical (unpaired) electrons. The molecule has 0 aliphatic rings. The summed E-state index contributed by atoms with van der Waals surface area (Å²) in [6.45, 7) is 2.08. The highest BCUT2D eigenvalue weighted by molar-refractivity contribution is 7.11. The van der Waals surface area contributed by atoms with E-state index in [1.54, 1.807) is 6.20 Å². The minimum atomic E-state index is -4.62. The van der Waals surface area contributed by atoms with E-state index in [9.17, 15) is 23.3 Å². The number of anilines is 1. The molecule has 0 fully saturated rings. The number of nitrogens with zero attached hydrogens (tertiary/aromatic N) is 2. The first-order valence-electron chi connectivity index (χ1n) is 5.78. The van der Waals surface area contributed by atoms with Crippen molar-refractivity contribution in [2.45, 2.75) is 19.6 Å².